The van der Waals surface area contributed by atoms with Crippen LogP contribution >= 0.6 is 0 Å². The first kappa shape index (κ1) is 17.4. The molecule has 0 radical (unpaired) electrons. The van der Waals surface area contributed by atoms with Crippen LogP contribution in [-0.4, -0.2) is 18.1 Å². The Hall–Kier alpha value is -2.38. The summed E-state index contributed by atoms with van der Waals surface area (Å²) in [6.45, 7) is 6.15. The van der Waals surface area contributed by atoms with Crippen molar-refractivity contribution in [3.05, 3.63) is 70.9 Å². The van der Waals surface area contributed by atoms with Gasteiger partial charge in [0.25, 0.3) is 0 Å². The van der Waals surface area contributed by atoms with Gasteiger partial charge in [0.1, 0.15) is 10.6 Å². The quantitative estimate of drug-likeness (QED) is 0.734. The Morgan fingerprint density at radius 1 is 1.12 bits per heavy atom. The molecule has 3 rings (SSSR count). The number of nitrogens with zero attached hydrogens (tertiary/aromatic N) is 2. The number of aromatic nitrogens is 2. The Bertz CT molecular complexity index is 950. The van der Waals surface area contributed by atoms with Crippen LogP contribution in [0.25, 0.3) is 0 Å². The molecule has 0 saturated carbocycles. The Labute approximate surface area is 147 Å². The van der Waals surface area contributed by atoms with Gasteiger partial charge in [0.2, 0.25) is 10.0 Å². The van der Waals surface area contributed by atoms with Gasteiger partial charge in [-0.2, -0.15) is 0 Å². The maximum atomic E-state index is 12.5. The summed E-state index contributed by atoms with van der Waals surface area (Å²) in [7, 11) is -3.67. The van der Waals surface area contributed by atoms with Gasteiger partial charge in [0, 0.05) is 18.4 Å². The van der Waals surface area contributed by atoms with E-state index in [0.29, 0.717) is 18.0 Å². The van der Waals surface area contributed by atoms with Gasteiger partial charge in [0.05, 0.1) is 6.54 Å². The molecule has 0 spiro atoms. The van der Waals surface area contributed by atoms with Crippen LogP contribution in [0.5, 0.6) is 0 Å². The minimum atomic E-state index is -3.67. The number of hydrogen-bond donors (Lipinski definition) is 1. The summed E-state index contributed by atoms with van der Waals surface area (Å²) in [6, 6.07) is 12.1. The largest absolute Gasteiger partial charge is 0.360 e. The van der Waals surface area contributed by atoms with Gasteiger partial charge in [-0.15, -0.1) is 0 Å². The van der Waals surface area contributed by atoms with Crippen molar-refractivity contribution in [3.63, 3.8) is 0 Å². The summed E-state index contributed by atoms with van der Waals surface area (Å²) in [6.07, 6.45) is 1.94. The lowest BCUT2D eigenvalue weighted by atomic mass is 10.1. The summed E-state index contributed by atoms with van der Waals surface area (Å²) in [4.78, 5) is 0.115. The van der Waals surface area contributed by atoms with E-state index in [2.05, 4.69) is 34.1 Å². The fourth-order valence-corrected chi connectivity index (χ4v) is 4.08. The zero-order chi connectivity index (χ0) is 18.0. The van der Waals surface area contributed by atoms with Crippen LogP contribution in [0, 0.1) is 20.8 Å². The molecular weight excluding hydrogens is 338 g/mol. The molecule has 0 aliphatic heterocycles. The molecule has 0 fully saturated rings. The van der Waals surface area contributed by atoms with Crippen LogP contribution < -0.4 is 4.72 Å². The number of hydrogen-bond acceptors (Lipinski definition) is 4. The highest BCUT2D eigenvalue weighted by Crippen LogP contribution is 2.19. The topological polar surface area (TPSA) is 77.1 Å². The van der Waals surface area contributed by atoms with Gasteiger partial charge in [-0.05, 0) is 38.5 Å². The summed E-state index contributed by atoms with van der Waals surface area (Å²) in [5, 5.41) is 3.71. The van der Waals surface area contributed by atoms with Crippen molar-refractivity contribution in [1.82, 2.24) is 14.4 Å². The van der Waals surface area contributed by atoms with Crippen LogP contribution in [0.15, 0.2) is 52.0 Å². The average Bonchev–Trinajstić information content (AvgIpc) is 3.14. The Balaban J connectivity index is 1.74. The Morgan fingerprint density at radius 2 is 1.84 bits per heavy atom. The number of rotatable bonds is 6. The SMILES string of the molecule is Cc1ccc(Cn2cccc2CNS(=O)(=O)c2c(C)noc2C)cc1. The molecule has 6 nitrogen and oxygen atoms in total. The highest BCUT2D eigenvalue weighted by molar-refractivity contribution is 7.89. The van der Waals surface area contributed by atoms with E-state index in [1.807, 2.05) is 29.8 Å². The van der Waals surface area contributed by atoms with Gasteiger partial charge in [-0.25, -0.2) is 13.1 Å². The van der Waals surface area contributed by atoms with Crippen LogP contribution in [0.1, 0.15) is 28.3 Å². The van der Waals surface area contributed by atoms with E-state index in [9.17, 15) is 8.42 Å². The van der Waals surface area contributed by atoms with E-state index in [-0.39, 0.29) is 11.4 Å². The molecule has 2 heterocycles. The number of nitrogens with one attached hydrogen (secondary N) is 1. The lowest BCUT2D eigenvalue weighted by Crippen LogP contribution is -2.25. The molecule has 7 heteroatoms. The number of benzene rings is 1. The second-order valence-corrected chi connectivity index (χ2v) is 7.79. The van der Waals surface area contributed by atoms with Crippen molar-refractivity contribution in [2.75, 3.05) is 0 Å². The molecule has 0 atom stereocenters. The van der Waals surface area contributed by atoms with Gasteiger partial charge in [-0.3, -0.25) is 0 Å². The molecule has 0 bridgehead atoms. The molecule has 3 aromatic rings. The first-order chi connectivity index (χ1) is 11.9. The molecule has 0 amide bonds. The Morgan fingerprint density at radius 3 is 2.48 bits per heavy atom. The lowest BCUT2D eigenvalue weighted by molar-refractivity contribution is 0.390. The molecule has 0 aliphatic carbocycles. The van der Waals surface area contributed by atoms with E-state index in [4.69, 9.17) is 4.52 Å². The van der Waals surface area contributed by atoms with Crippen LogP contribution in [0.3, 0.4) is 0 Å². The molecular formula is C18H21N3O3S. The molecule has 0 saturated heterocycles. The molecule has 132 valence electrons. The zero-order valence-corrected chi connectivity index (χ0v) is 15.3. The van der Waals surface area contributed by atoms with Crippen LogP contribution in [0.4, 0.5) is 0 Å². The van der Waals surface area contributed by atoms with Crippen molar-refractivity contribution < 1.29 is 12.9 Å². The van der Waals surface area contributed by atoms with Gasteiger partial charge < -0.3 is 9.09 Å². The average molecular weight is 359 g/mol. The second kappa shape index (κ2) is 6.85. The highest BCUT2D eigenvalue weighted by Gasteiger charge is 2.24. The molecule has 0 aliphatic rings. The van der Waals surface area contributed by atoms with E-state index in [0.717, 1.165) is 11.3 Å². The first-order valence-corrected chi connectivity index (χ1v) is 9.47. The van der Waals surface area contributed by atoms with Crippen molar-refractivity contribution in [2.45, 2.75) is 38.8 Å². The predicted molar refractivity (Wildman–Crippen MR) is 94.7 cm³/mol. The summed E-state index contributed by atoms with van der Waals surface area (Å²) in [5.74, 6) is 0.292. The van der Waals surface area contributed by atoms with E-state index >= 15 is 0 Å². The van der Waals surface area contributed by atoms with Crippen molar-refractivity contribution in [1.29, 1.82) is 0 Å². The first-order valence-electron chi connectivity index (χ1n) is 7.99. The molecule has 0 unspecified atom stereocenters. The fourth-order valence-electron chi connectivity index (χ4n) is 2.75. The summed E-state index contributed by atoms with van der Waals surface area (Å²) >= 11 is 0. The van der Waals surface area contributed by atoms with Crippen molar-refractivity contribution in [2.24, 2.45) is 0 Å². The molecule has 1 N–H and O–H groups in total. The van der Waals surface area contributed by atoms with Crippen molar-refractivity contribution >= 4 is 10.0 Å². The van der Waals surface area contributed by atoms with E-state index in [1.165, 1.54) is 5.56 Å². The van der Waals surface area contributed by atoms with E-state index < -0.39 is 10.0 Å². The minimum Gasteiger partial charge on any atom is -0.360 e. The third kappa shape index (κ3) is 3.83. The summed E-state index contributed by atoms with van der Waals surface area (Å²) < 4.78 is 34.7. The second-order valence-electron chi connectivity index (χ2n) is 6.09. The normalized spacial score (nSPS) is 11.8. The van der Waals surface area contributed by atoms with Gasteiger partial charge in [-0.1, -0.05) is 35.0 Å². The molecule has 1 aromatic carbocycles. The summed E-state index contributed by atoms with van der Waals surface area (Å²) in [5.41, 5.74) is 3.62. The number of sulfonamides is 1. The van der Waals surface area contributed by atoms with E-state index in [1.54, 1.807) is 13.8 Å². The fraction of sp³-hybridized carbons (Fsp3) is 0.278. The van der Waals surface area contributed by atoms with Gasteiger partial charge in [0.15, 0.2) is 5.76 Å². The highest BCUT2D eigenvalue weighted by atomic mass is 32.2. The van der Waals surface area contributed by atoms with Crippen molar-refractivity contribution in [3.8, 4) is 0 Å². The van der Waals surface area contributed by atoms with Gasteiger partial charge >= 0.3 is 0 Å². The maximum Gasteiger partial charge on any atom is 0.246 e. The molecule has 25 heavy (non-hydrogen) atoms. The third-order valence-corrected chi connectivity index (χ3v) is 5.72. The smallest absolute Gasteiger partial charge is 0.246 e. The Kier molecular flexibility index (Phi) is 4.78. The maximum absolute atomic E-state index is 12.5. The predicted octanol–water partition coefficient (Wildman–Crippen LogP) is 2.93. The monoisotopic (exact) mass is 359 g/mol. The lowest BCUT2D eigenvalue weighted by Gasteiger charge is -2.11. The third-order valence-electron chi connectivity index (χ3n) is 4.08. The zero-order valence-electron chi connectivity index (χ0n) is 14.5. The molecule has 2 aromatic heterocycles. The van der Waals surface area contributed by atoms with Crippen LogP contribution in [-0.2, 0) is 23.1 Å². The minimum absolute atomic E-state index is 0.115. The standard InChI is InChI=1S/C18H21N3O3S/c1-13-6-8-16(9-7-13)12-21-10-4-5-17(21)11-19-25(22,23)18-14(2)20-24-15(18)3/h4-10,19H,11-12H2,1-3H3. The van der Waals surface area contributed by atoms with Crippen LogP contribution in [0.2, 0.25) is 0 Å². The number of aryl methyl sites for hydroxylation is 3.